The Bertz CT molecular complexity index is 630. The van der Waals surface area contributed by atoms with Crippen LogP contribution < -0.4 is 0 Å². The van der Waals surface area contributed by atoms with E-state index in [4.69, 9.17) is 14.2 Å². The number of aliphatic hydroxyl groups is 1. The Morgan fingerprint density at radius 2 is 1.35 bits per heavy atom. The molecule has 1 saturated heterocycles. The number of ether oxygens (including phenoxy) is 3. The number of fused-ring (bicyclic) bond motifs is 6. The molecule has 0 aromatic carbocycles. The zero-order chi connectivity index (χ0) is 24.2. The molecule has 1 N–H and O–H groups in total. The third kappa shape index (κ3) is 4.95. The number of methoxy groups -OCH3 is 1. The molecule has 4 aliphatic carbocycles. The SMILES string of the molecule is C.C.C#C.C#C.CC.COC1CCC2(C)C(C1)C(O)CC1C2CC[C@@]2(C)C1CCC21OCCO1. The predicted molar refractivity (Wildman–Crippen MR) is 143 cm³/mol. The molecule has 0 amide bonds. The molecule has 0 aromatic rings. The van der Waals surface area contributed by atoms with E-state index in [-0.39, 0.29) is 37.6 Å². The lowest BCUT2D eigenvalue weighted by atomic mass is 9.44. The van der Waals surface area contributed by atoms with E-state index in [0.717, 1.165) is 44.8 Å². The van der Waals surface area contributed by atoms with E-state index >= 15 is 0 Å². The van der Waals surface area contributed by atoms with E-state index in [1.807, 2.05) is 21.0 Å². The topological polar surface area (TPSA) is 47.9 Å². The minimum atomic E-state index is -0.334. The molecule has 4 saturated carbocycles. The van der Waals surface area contributed by atoms with Gasteiger partial charge in [0.15, 0.2) is 5.79 Å². The van der Waals surface area contributed by atoms with E-state index in [0.29, 0.717) is 23.9 Å². The van der Waals surface area contributed by atoms with Crippen molar-refractivity contribution < 1.29 is 19.3 Å². The Morgan fingerprint density at radius 3 is 1.91 bits per heavy atom. The summed E-state index contributed by atoms with van der Waals surface area (Å²) >= 11 is 0. The minimum Gasteiger partial charge on any atom is -0.393 e. The van der Waals surface area contributed by atoms with Gasteiger partial charge in [-0.05, 0) is 74.0 Å². The molecule has 5 rings (SSSR count). The molecule has 0 radical (unpaired) electrons. The van der Waals surface area contributed by atoms with Gasteiger partial charge in [-0.3, -0.25) is 0 Å². The Morgan fingerprint density at radius 1 is 0.794 bits per heavy atom. The fourth-order valence-electron chi connectivity index (χ4n) is 8.36. The van der Waals surface area contributed by atoms with E-state index in [2.05, 4.69) is 39.5 Å². The maximum Gasteiger partial charge on any atom is 0.174 e. The fraction of sp³-hybridized carbons (Fsp3) is 0.867. The largest absolute Gasteiger partial charge is 0.393 e. The number of terminal acetylenes is 2. The van der Waals surface area contributed by atoms with Gasteiger partial charge in [-0.15, -0.1) is 25.7 Å². The van der Waals surface area contributed by atoms with Crippen LogP contribution in [0.1, 0.15) is 93.9 Å². The van der Waals surface area contributed by atoms with Gasteiger partial charge in [-0.25, -0.2) is 0 Å². The average molecular weight is 479 g/mol. The first-order chi connectivity index (χ1) is 15.4. The van der Waals surface area contributed by atoms with Gasteiger partial charge in [0.25, 0.3) is 0 Å². The molecule has 0 aromatic heterocycles. The third-order valence-electron chi connectivity index (χ3n) is 9.76. The molecule has 0 bridgehead atoms. The van der Waals surface area contributed by atoms with Crippen molar-refractivity contribution in [3.05, 3.63) is 0 Å². The maximum atomic E-state index is 11.2. The van der Waals surface area contributed by atoms with Crippen LogP contribution in [0.2, 0.25) is 0 Å². The second-order valence-corrected chi connectivity index (χ2v) is 10.4. The van der Waals surface area contributed by atoms with Gasteiger partial charge in [-0.1, -0.05) is 42.5 Å². The Hall–Kier alpha value is -1.04. The number of hydrogen-bond donors (Lipinski definition) is 1. The van der Waals surface area contributed by atoms with Crippen LogP contribution in [-0.4, -0.2) is 43.4 Å². The second-order valence-electron chi connectivity index (χ2n) is 10.4. The minimum absolute atomic E-state index is 0. The van der Waals surface area contributed by atoms with Gasteiger partial charge in [0.2, 0.25) is 0 Å². The molecule has 1 spiro atoms. The standard InChI is InChI=1S/C22H36O4.C2H6.2C2H2.2CH4/c1-20-7-4-14(24-3)12-18(20)19(23)13-15-16(20)5-8-21(2)17(15)6-9-22(21)25-10-11-26-22;3*1-2;;/h14-19,23H,4-13H2,1-3H3;1-2H3;2*1-2H;2*1H4/t14?,15?,16?,17?,18?,19?,20?,21-;;;;;/m0...../s1. The molecule has 7 unspecified atom stereocenters. The summed E-state index contributed by atoms with van der Waals surface area (Å²) in [4.78, 5) is 0. The fourth-order valence-corrected chi connectivity index (χ4v) is 8.36. The molecular weight excluding hydrogens is 424 g/mol. The van der Waals surface area contributed by atoms with Crippen molar-refractivity contribution in [3.63, 3.8) is 0 Å². The van der Waals surface area contributed by atoms with Crippen molar-refractivity contribution in [1.82, 2.24) is 0 Å². The van der Waals surface area contributed by atoms with Gasteiger partial charge >= 0.3 is 0 Å². The van der Waals surface area contributed by atoms with Gasteiger partial charge in [-0.2, -0.15) is 0 Å². The van der Waals surface area contributed by atoms with Crippen molar-refractivity contribution in [3.8, 4) is 25.7 Å². The van der Waals surface area contributed by atoms with E-state index in [9.17, 15) is 5.11 Å². The van der Waals surface area contributed by atoms with E-state index in [1.165, 1.54) is 25.7 Å². The first-order valence-corrected chi connectivity index (χ1v) is 12.6. The molecule has 198 valence electrons. The number of aliphatic hydroxyl groups excluding tert-OH is 1. The first-order valence-electron chi connectivity index (χ1n) is 12.6. The normalized spacial score (nSPS) is 42.6. The van der Waals surface area contributed by atoms with Crippen LogP contribution in [0, 0.1) is 60.2 Å². The first kappa shape index (κ1) is 33.0. The second kappa shape index (κ2) is 13.3. The lowest BCUT2D eigenvalue weighted by molar-refractivity contribution is -0.253. The van der Waals surface area contributed by atoms with Crippen molar-refractivity contribution >= 4 is 0 Å². The Balaban J connectivity index is 0.00000127. The lowest BCUT2D eigenvalue weighted by Crippen LogP contribution is -2.60. The van der Waals surface area contributed by atoms with Crippen LogP contribution in [-0.2, 0) is 14.2 Å². The van der Waals surface area contributed by atoms with Crippen LogP contribution in [0.25, 0.3) is 0 Å². The summed E-state index contributed by atoms with van der Waals surface area (Å²) in [6, 6.07) is 0. The monoisotopic (exact) mass is 478 g/mol. The molecular formula is C30H54O4. The molecule has 5 fully saturated rings. The highest BCUT2D eigenvalue weighted by molar-refractivity contribution is 5.14. The highest BCUT2D eigenvalue weighted by atomic mass is 16.7. The maximum absolute atomic E-state index is 11.2. The Kier molecular flexibility index (Phi) is 12.9. The van der Waals surface area contributed by atoms with Crippen LogP contribution >= 0.6 is 0 Å². The van der Waals surface area contributed by atoms with Crippen molar-refractivity contribution in [2.24, 2.45) is 34.5 Å². The van der Waals surface area contributed by atoms with Crippen LogP contribution in [0.5, 0.6) is 0 Å². The van der Waals surface area contributed by atoms with E-state index in [1.54, 1.807) is 0 Å². The summed E-state index contributed by atoms with van der Waals surface area (Å²) in [6.07, 6.45) is 25.2. The summed E-state index contributed by atoms with van der Waals surface area (Å²) < 4.78 is 18.2. The molecule has 5 aliphatic rings. The molecule has 1 aliphatic heterocycles. The van der Waals surface area contributed by atoms with Gasteiger partial charge < -0.3 is 19.3 Å². The van der Waals surface area contributed by atoms with Gasteiger partial charge in [0, 0.05) is 18.9 Å². The van der Waals surface area contributed by atoms with E-state index < -0.39 is 0 Å². The van der Waals surface area contributed by atoms with Crippen LogP contribution in [0.4, 0.5) is 0 Å². The molecule has 8 atom stereocenters. The summed E-state index contributed by atoms with van der Waals surface area (Å²) in [6.45, 7) is 10.4. The molecule has 4 nitrogen and oxygen atoms in total. The quantitative estimate of drug-likeness (QED) is 0.434. The summed E-state index contributed by atoms with van der Waals surface area (Å²) in [5.74, 6) is 2.06. The van der Waals surface area contributed by atoms with Crippen LogP contribution in [0.15, 0.2) is 0 Å². The highest BCUT2D eigenvalue weighted by Crippen LogP contribution is 2.69. The van der Waals surface area contributed by atoms with Crippen molar-refractivity contribution in [2.45, 2.75) is 112 Å². The highest BCUT2D eigenvalue weighted by Gasteiger charge is 2.68. The summed E-state index contributed by atoms with van der Waals surface area (Å²) in [5, 5.41) is 11.2. The smallest absolute Gasteiger partial charge is 0.174 e. The number of hydrogen-bond acceptors (Lipinski definition) is 4. The summed E-state index contributed by atoms with van der Waals surface area (Å²) in [7, 11) is 1.83. The van der Waals surface area contributed by atoms with Gasteiger partial charge in [0.1, 0.15) is 0 Å². The van der Waals surface area contributed by atoms with Crippen molar-refractivity contribution in [1.29, 1.82) is 0 Å². The summed E-state index contributed by atoms with van der Waals surface area (Å²) in [5.41, 5.74) is 0.392. The molecule has 4 heteroatoms. The molecule has 1 heterocycles. The average Bonchev–Trinajstić information content (AvgIpc) is 3.44. The lowest BCUT2D eigenvalue weighted by Gasteiger charge is -2.62. The molecule has 34 heavy (non-hydrogen) atoms. The zero-order valence-corrected chi connectivity index (χ0v) is 21.0. The predicted octanol–water partition coefficient (Wildman–Crippen LogP) is 6.56. The van der Waals surface area contributed by atoms with Crippen LogP contribution in [0.3, 0.4) is 0 Å². The Labute approximate surface area is 211 Å². The zero-order valence-electron chi connectivity index (χ0n) is 21.0. The van der Waals surface area contributed by atoms with Crippen molar-refractivity contribution in [2.75, 3.05) is 20.3 Å². The number of rotatable bonds is 1. The van der Waals surface area contributed by atoms with Gasteiger partial charge in [0.05, 0.1) is 25.4 Å². The third-order valence-corrected chi connectivity index (χ3v) is 9.76.